The van der Waals surface area contributed by atoms with E-state index in [2.05, 4.69) is 10.4 Å². The van der Waals surface area contributed by atoms with Crippen LogP contribution < -0.4 is 5.32 Å². The quantitative estimate of drug-likeness (QED) is 0.700. The standard InChI is InChI=1S/C18H17N3O2/c1-13-8-10-14(11-9-13)12-19-21-16(22)18(2,20-17(21)23)15-6-4-3-5-7-15/h3-12H,1-2H3,(H,20,23)/b19-12-/t18-/m1/s1. The molecular weight excluding hydrogens is 290 g/mol. The minimum absolute atomic E-state index is 0.392. The number of carbonyl (C=O) groups excluding carboxylic acids is 2. The van der Waals surface area contributed by atoms with Crippen molar-refractivity contribution in [2.45, 2.75) is 19.4 Å². The SMILES string of the molecule is Cc1ccc(/C=N\N2C(=O)N[C@](C)(c3ccccc3)C2=O)cc1. The molecule has 1 aliphatic rings. The van der Waals surface area contributed by atoms with E-state index in [0.717, 1.165) is 21.7 Å². The topological polar surface area (TPSA) is 61.8 Å². The molecule has 2 aromatic rings. The van der Waals surface area contributed by atoms with E-state index in [1.807, 2.05) is 61.5 Å². The maximum Gasteiger partial charge on any atom is 0.346 e. The molecular formula is C18H17N3O2. The molecule has 1 aliphatic heterocycles. The number of urea groups is 1. The van der Waals surface area contributed by atoms with Crippen LogP contribution in [-0.2, 0) is 10.3 Å². The summed E-state index contributed by atoms with van der Waals surface area (Å²) in [6.45, 7) is 3.67. The maximum atomic E-state index is 12.6. The number of hydrogen-bond acceptors (Lipinski definition) is 3. The first-order valence-corrected chi connectivity index (χ1v) is 7.33. The van der Waals surface area contributed by atoms with E-state index < -0.39 is 17.5 Å². The highest BCUT2D eigenvalue weighted by Crippen LogP contribution is 2.28. The molecule has 1 atom stereocenters. The van der Waals surface area contributed by atoms with E-state index in [-0.39, 0.29) is 0 Å². The van der Waals surface area contributed by atoms with Crippen molar-refractivity contribution in [1.82, 2.24) is 10.3 Å². The van der Waals surface area contributed by atoms with Crippen molar-refractivity contribution in [1.29, 1.82) is 0 Å². The fourth-order valence-corrected chi connectivity index (χ4v) is 2.47. The fraction of sp³-hybridized carbons (Fsp3) is 0.167. The first kappa shape index (κ1) is 15.0. The van der Waals surface area contributed by atoms with Crippen LogP contribution in [-0.4, -0.2) is 23.2 Å². The summed E-state index contributed by atoms with van der Waals surface area (Å²) in [7, 11) is 0. The van der Waals surface area contributed by atoms with Gasteiger partial charge < -0.3 is 5.32 Å². The van der Waals surface area contributed by atoms with Crippen LogP contribution in [0.25, 0.3) is 0 Å². The summed E-state index contributed by atoms with van der Waals surface area (Å²) < 4.78 is 0. The van der Waals surface area contributed by atoms with Gasteiger partial charge in [0.05, 0.1) is 6.21 Å². The second-order valence-corrected chi connectivity index (χ2v) is 5.69. The van der Waals surface area contributed by atoms with E-state index in [1.54, 1.807) is 6.92 Å². The first-order valence-electron chi connectivity index (χ1n) is 7.33. The van der Waals surface area contributed by atoms with Crippen LogP contribution >= 0.6 is 0 Å². The zero-order chi connectivity index (χ0) is 16.4. The molecule has 5 nitrogen and oxygen atoms in total. The van der Waals surface area contributed by atoms with Crippen LogP contribution in [0.5, 0.6) is 0 Å². The Kier molecular flexibility index (Phi) is 3.70. The lowest BCUT2D eigenvalue weighted by atomic mass is 9.92. The Morgan fingerprint density at radius 1 is 1.04 bits per heavy atom. The largest absolute Gasteiger partial charge is 0.346 e. The van der Waals surface area contributed by atoms with E-state index in [9.17, 15) is 9.59 Å². The predicted molar refractivity (Wildman–Crippen MR) is 87.9 cm³/mol. The highest BCUT2D eigenvalue weighted by Gasteiger charge is 2.49. The molecule has 1 fully saturated rings. The third-order valence-electron chi connectivity index (χ3n) is 3.92. The lowest BCUT2D eigenvalue weighted by Gasteiger charge is -2.20. The summed E-state index contributed by atoms with van der Waals surface area (Å²) >= 11 is 0. The second-order valence-electron chi connectivity index (χ2n) is 5.69. The normalized spacial score (nSPS) is 21.0. The highest BCUT2D eigenvalue weighted by atomic mass is 16.2. The molecule has 23 heavy (non-hydrogen) atoms. The maximum absolute atomic E-state index is 12.6. The Labute approximate surface area is 134 Å². The minimum Gasteiger partial charge on any atom is -0.318 e. The second kappa shape index (κ2) is 5.68. The average molecular weight is 307 g/mol. The fourth-order valence-electron chi connectivity index (χ4n) is 2.47. The number of imide groups is 1. The van der Waals surface area contributed by atoms with Gasteiger partial charge in [-0.1, -0.05) is 60.2 Å². The highest BCUT2D eigenvalue weighted by molar-refractivity contribution is 6.07. The van der Waals surface area contributed by atoms with Gasteiger partial charge in [0.2, 0.25) is 0 Å². The molecule has 1 N–H and O–H groups in total. The van der Waals surface area contributed by atoms with Gasteiger partial charge in [0, 0.05) is 0 Å². The van der Waals surface area contributed by atoms with E-state index in [1.165, 1.54) is 6.21 Å². The van der Waals surface area contributed by atoms with Crippen molar-refractivity contribution < 1.29 is 9.59 Å². The van der Waals surface area contributed by atoms with Crippen molar-refractivity contribution in [2.24, 2.45) is 5.10 Å². The van der Waals surface area contributed by atoms with Crippen molar-refractivity contribution >= 4 is 18.2 Å². The summed E-state index contributed by atoms with van der Waals surface area (Å²) in [5.41, 5.74) is 1.59. The molecule has 5 heteroatoms. The van der Waals surface area contributed by atoms with E-state index in [4.69, 9.17) is 0 Å². The molecule has 0 aromatic heterocycles. The van der Waals surface area contributed by atoms with Crippen LogP contribution in [0, 0.1) is 6.92 Å². The van der Waals surface area contributed by atoms with Crippen LogP contribution in [0.4, 0.5) is 4.79 Å². The number of nitrogens with one attached hydrogen (secondary N) is 1. The Morgan fingerprint density at radius 2 is 1.70 bits per heavy atom. The van der Waals surface area contributed by atoms with Crippen LogP contribution in [0.2, 0.25) is 0 Å². The van der Waals surface area contributed by atoms with Gasteiger partial charge in [-0.15, -0.1) is 5.01 Å². The molecule has 1 heterocycles. The lowest BCUT2D eigenvalue weighted by Crippen LogP contribution is -2.40. The number of aryl methyl sites for hydroxylation is 1. The summed E-state index contributed by atoms with van der Waals surface area (Å²) in [4.78, 5) is 24.8. The van der Waals surface area contributed by atoms with Gasteiger partial charge in [-0.25, -0.2) is 4.79 Å². The number of nitrogens with zero attached hydrogens (tertiary/aromatic N) is 2. The molecule has 2 aromatic carbocycles. The molecule has 0 aliphatic carbocycles. The van der Waals surface area contributed by atoms with Crippen LogP contribution in [0.15, 0.2) is 59.7 Å². The van der Waals surface area contributed by atoms with Crippen LogP contribution in [0.3, 0.4) is 0 Å². The monoisotopic (exact) mass is 307 g/mol. The van der Waals surface area contributed by atoms with Crippen molar-refractivity contribution in [3.05, 3.63) is 71.3 Å². The molecule has 0 unspecified atom stereocenters. The third-order valence-corrected chi connectivity index (χ3v) is 3.92. The van der Waals surface area contributed by atoms with E-state index in [0.29, 0.717) is 0 Å². The Balaban J connectivity index is 1.86. The van der Waals surface area contributed by atoms with Crippen molar-refractivity contribution in [3.8, 4) is 0 Å². The number of rotatable bonds is 3. The van der Waals surface area contributed by atoms with Crippen molar-refractivity contribution in [3.63, 3.8) is 0 Å². The smallest absolute Gasteiger partial charge is 0.318 e. The molecule has 0 bridgehead atoms. The van der Waals surface area contributed by atoms with Gasteiger partial charge in [-0.3, -0.25) is 4.79 Å². The zero-order valence-corrected chi connectivity index (χ0v) is 13.0. The van der Waals surface area contributed by atoms with E-state index >= 15 is 0 Å². The summed E-state index contributed by atoms with van der Waals surface area (Å²) in [6, 6.07) is 16.3. The van der Waals surface area contributed by atoms with Gasteiger partial charge in [0.15, 0.2) is 0 Å². The average Bonchev–Trinajstić information content (AvgIpc) is 2.78. The molecule has 116 valence electrons. The Bertz CT molecular complexity index is 769. The third kappa shape index (κ3) is 2.73. The van der Waals surface area contributed by atoms with Gasteiger partial charge in [0.1, 0.15) is 5.54 Å². The minimum atomic E-state index is -1.09. The lowest BCUT2D eigenvalue weighted by molar-refractivity contribution is -0.131. The van der Waals surface area contributed by atoms with Gasteiger partial charge in [-0.05, 0) is 25.0 Å². The molecule has 3 amide bonds. The number of hydrogen-bond donors (Lipinski definition) is 1. The number of amides is 3. The molecule has 0 spiro atoms. The van der Waals surface area contributed by atoms with Crippen molar-refractivity contribution in [2.75, 3.05) is 0 Å². The summed E-state index contributed by atoms with van der Waals surface area (Å²) in [5, 5.41) is 7.65. The van der Waals surface area contributed by atoms with Gasteiger partial charge in [-0.2, -0.15) is 5.10 Å². The Morgan fingerprint density at radius 3 is 2.35 bits per heavy atom. The zero-order valence-electron chi connectivity index (χ0n) is 13.0. The number of hydrazone groups is 1. The molecule has 1 saturated heterocycles. The number of carbonyl (C=O) groups is 2. The van der Waals surface area contributed by atoms with Crippen LogP contribution in [0.1, 0.15) is 23.6 Å². The molecule has 0 saturated carbocycles. The first-order chi connectivity index (χ1) is 11.0. The predicted octanol–water partition coefficient (Wildman–Crippen LogP) is 2.80. The molecule has 0 radical (unpaired) electrons. The molecule has 3 rings (SSSR count). The number of benzene rings is 2. The summed E-state index contributed by atoms with van der Waals surface area (Å²) in [6.07, 6.45) is 1.51. The van der Waals surface area contributed by atoms with Gasteiger partial charge >= 0.3 is 6.03 Å². The summed E-state index contributed by atoms with van der Waals surface area (Å²) in [5.74, 6) is -0.392. The Hall–Kier alpha value is -2.95. The van der Waals surface area contributed by atoms with Gasteiger partial charge in [0.25, 0.3) is 5.91 Å².